The highest BCUT2D eigenvalue weighted by Gasteiger charge is 2.28. The van der Waals surface area contributed by atoms with Crippen LogP contribution in [0.25, 0.3) is 11.3 Å². The maximum absolute atomic E-state index is 14.4. The topological polar surface area (TPSA) is 108 Å². The minimum atomic E-state index is -0.509. The van der Waals surface area contributed by atoms with Crippen molar-refractivity contribution >= 4 is 17.3 Å². The Kier molecular flexibility index (Phi) is 7.67. The summed E-state index contributed by atoms with van der Waals surface area (Å²) < 4.78 is 25.7. The van der Waals surface area contributed by atoms with Crippen molar-refractivity contribution in [2.75, 3.05) is 32.2 Å². The third-order valence-electron chi connectivity index (χ3n) is 5.82. The number of carbonyl (C=O) groups is 1. The number of carbonyl (C=O) groups excluding carboxylic acids is 1. The van der Waals surface area contributed by atoms with Crippen molar-refractivity contribution in [3.05, 3.63) is 65.4 Å². The van der Waals surface area contributed by atoms with E-state index in [0.717, 1.165) is 16.8 Å². The Morgan fingerprint density at radius 2 is 2.20 bits per heavy atom. The van der Waals surface area contributed by atoms with E-state index in [0.29, 0.717) is 60.8 Å². The summed E-state index contributed by atoms with van der Waals surface area (Å²) in [5.41, 5.74) is 4.63. The maximum atomic E-state index is 14.4. The van der Waals surface area contributed by atoms with Gasteiger partial charge in [0, 0.05) is 37.0 Å². The number of amides is 1. The maximum Gasteiger partial charge on any atom is 0.255 e. The second-order valence-electron chi connectivity index (χ2n) is 8.21. The Hall–Kier alpha value is -3.85. The van der Waals surface area contributed by atoms with Crippen molar-refractivity contribution in [2.45, 2.75) is 26.2 Å². The molecule has 4 N–H and O–H groups in total. The van der Waals surface area contributed by atoms with Crippen LogP contribution in [0, 0.1) is 5.82 Å². The van der Waals surface area contributed by atoms with Gasteiger partial charge in [0.2, 0.25) is 0 Å². The molecule has 4 rings (SSSR count). The Morgan fingerprint density at radius 3 is 3.00 bits per heavy atom. The number of nitrogens with zero attached hydrogens (tertiary/aromatic N) is 1. The molecule has 0 fully saturated rings. The number of H-pyrrole nitrogens is 1. The summed E-state index contributed by atoms with van der Waals surface area (Å²) >= 11 is 0. The molecule has 3 heterocycles. The number of methoxy groups -OCH3 is 1. The number of hydrogen-bond donors (Lipinski definition) is 4. The molecule has 2 aromatic heterocycles. The van der Waals surface area contributed by atoms with Gasteiger partial charge in [0.15, 0.2) is 11.6 Å². The van der Waals surface area contributed by atoms with Crippen molar-refractivity contribution in [2.24, 2.45) is 0 Å². The van der Waals surface area contributed by atoms with Gasteiger partial charge in [-0.2, -0.15) is 0 Å². The number of pyridine rings is 1. The lowest BCUT2D eigenvalue weighted by Crippen LogP contribution is -2.31. The van der Waals surface area contributed by atoms with Crippen molar-refractivity contribution < 1.29 is 23.8 Å². The van der Waals surface area contributed by atoms with Crippen LogP contribution in [0.15, 0.2) is 48.3 Å². The lowest BCUT2D eigenvalue weighted by Gasteiger charge is -2.17. The lowest BCUT2D eigenvalue weighted by molar-refractivity contribution is 0.0947. The van der Waals surface area contributed by atoms with Crippen LogP contribution in [-0.4, -0.2) is 47.8 Å². The number of halogens is 1. The lowest BCUT2D eigenvalue weighted by atomic mass is 10.0. The SMILES string of the molecule is COc1c(F)cccc1Nc1c(-c2ccncc2OCC/C=C(\C)CCO)[nH]c2c1C(=O)NCC2. The summed E-state index contributed by atoms with van der Waals surface area (Å²) in [6.45, 7) is 3.03. The molecule has 0 saturated carbocycles. The number of benzene rings is 1. The molecule has 0 unspecified atom stereocenters. The van der Waals surface area contributed by atoms with E-state index in [1.165, 1.54) is 13.2 Å². The number of rotatable bonds is 10. The normalized spacial score (nSPS) is 13.3. The first kappa shape index (κ1) is 24.3. The van der Waals surface area contributed by atoms with E-state index in [2.05, 4.69) is 20.6 Å². The summed E-state index contributed by atoms with van der Waals surface area (Å²) in [5.74, 6) is -0.118. The van der Waals surface area contributed by atoms with E-state index >= 15 is 0 Å². The molecule has 0 saturated heterocycles. The van der Waals surface area contributed by atoms with Crippen molar-refractivity contribution in [3.63, 3.8) is 0 Å². The molecule has 9 heteroatoms. The highest BCUT2D eigenvalue weighted by molar-refractivity contribution is 6.06. The van der Waals surface area contributed by atoms with Crippen LogP contribution in [0.2, 0.25) is 0 Å². The molecule has 0 spiro atoms. The molecule has 1 aromatic carbocycles. The number of nitrogens with one attached hydrogen (secondary N) is 3. The minimum absolute atomic E-state index is 0.0563. The summed E-state index contributed by atoms with van der Waals surface area (Å²) in [6.07, 6.45) is 7.26. The molecule has 184 valence electrons. The Balaban J connectivity index is 1.72. The summed E-state index contributed by atoms with van der Waals surface area (Å²) in [5, 5.41) is 15.2. The van der Waals surface area contributed by atoms with Crippen molar-refractivity contribution in [3.8, 4) is 22.8 Å². The molecular formula is C26H29FN4O4. The van der Waals surface area contributed by atoms with Gasteiger partial charge in [-0.3, -0.25) is 9.78 Å². The summed E-state index contributed by atoms with van der Waals surface area (Å²) in [4.78, 5) is 20.4. The standard InChI is InChI=1S/C26H29FN4O4/c1-16(10-13-32)5-4-14-35-21-15-28-11-8-17(21)23-24(22-19(30-23)9-12-29-26(22)33)31-20-7-3-6-18(27)25(20)34-2/h3,5-8,11,15,30-32H,4,9-10,12-14H2,1-2H3,(H,29,33)/b16-5+. The molecule has 1 aliphatic rings. The predicted molar refractivity (Wildman–Crippen MR) is 132 cm³/mol. The average molecular weight is 481 g/mol. The Morgan fingerprint density at radius 1 is 1.34 bits per heavy atom. The van der Waals surface area contributed by atoms with Gasteiger partial charge in [-0.25, -0.2) is 4.39 Å². The Bertz CT molecular complexity index is 1240. The number of fused-ring (bicyclic) bond motifs is 1. The van der Waals surface area contributed by atoms with Crippen LogP contribution in [0.4, 0.5) is 15.8 Å². The van der Waals surface area contributed by atoms with Gasteiger partial charge in [-0.15, -0.1) is 0 Å². The van der Waals surface area contributed by atoms with E-state index in [1.54, 1.807) is 24.5 Å². The number of anilines is 2. The summed E-state index contributed by atoms with van der Waals surface area (Å²) in [7, 11) is 1.40. The molecule has 35 heavy (non-hydrogen) atoms. The van der Waals surface area contributed by atoms with Crippen LogP contribution in [0.5, 0.6) is 11.5 Å². The van der Waals surface area contributed by atoms with Gasteiger partial charge >= 0.3 is 0 Å². The number of hydrogen-bond acceptors (Lipinski definition) is 6. The fourth-order valence-electron chi connectivity index (χ4n) is 4.11. The number of ether oxygens (including phenoxy) is 2. The van der Waals surface area contributed by atoms with E-state index in [9.17, 15) is 9.18 Å². The van der Waals surface area contributed by atoms with Crippen LogP contribution < -0.4 is 20.1 Å². The van der Waals surface area contributed by atoms with Gasteiger partial charge in [0.1, 0.15) is 5.75 Å². The van der Waals surface area contributed by atoms with Crippen LogP contribution in [-0.2, 0) is 6.42 Å². The van der Waals surface area contributed by atoms with Crippen LogP contribution in [0.3, 0.4) is 0 Å². The molecule has 0 radical (unpaired) electrons. The van der Waals surface area contributed by atoms with Gasteiger partial charge in [-0.1, -0.05) is 17.7 Å². The fourth-order valence-corrected chi connectivity index (χ4v) is 4.11. The fraction of sp³-hybridized carbons (Fsp3) is 0.308. The number of aromatic nitrogens is 2. The molecule has 0 bridgehead atoms. The Labute approximate surface area is 203 Å². The second kappa shape index (κ2) is 11.1. The van der Waals surface area contributed by atoms with Crippen molar-refractivity contribution in [1.82, 2.24) is 15.3 Å². The third-order valence-corrected chi connectivity index (χ3v) is 5.82. The van der Waals surface area contributed by atoms with E-state index < -0.39 is 5.82 Å². The van der Waals surface area contributed by atoms with Crippen LogP contribution >= 0.6 is 0 Å². The first-order valence-corrected chi connectivity index (χ1v) is 11.5. The highest BCUT2D eigenvalue weighted by atomic mass is 19.1. The monoisotopic (exact) mass is 480 g/mol. The average Bonchev–Trinajstić information content (AvgIpc) is 3.22. The first-order chi connectivity index (χ1) is 17.0. The van der Waals surface area contributed by atoms with Gasteiger partial charge in [0.05, 0.1) is 42.5 Å². The quantitative estimate of drug-likeness (QED) is 0.254. The number of aliphatic hydroxyl groups is 1. The molecule has 0 atom stereocenters. The minimum Gasteiger partial charge on any atom is -0.492 e. The zero-order valence-electron chi connectivity index (χ0n) is 19.8. The largest absolute Gasteiger partial charge is 0.492 e. The molecule has 0 aliphatic carbocycles. The van der Waals surface area contributed by atoms with Crippen molar-refractivity contribution in [1.29, 1.82) is 0 Å². The molecular weight excluding hydrogens is 451 g/mol. The molecule has 1 aliphatic heterocycles. The van der Waals surface area contributed by atoms with E-state index in [4.69, 9.17) is 14.6 Å². The highest BCUT2D eigenvalue weighted by Crippen LogP contribution is 2.41. The number of para-hydroxylation sites is 1. The molecule has 8 nitrogen and oxygen atoms in total. The summed E-state index contributed by atoms with van der Waals surface area (Å²) in [6, 6.07) is 6.39. The zero-order valence-corrected chi connectivity index (χ0v) is 19.8. The zero-order chi connectivity index (χ0) is 24.8. The first-order valence-electron chi connectivity index (χ1n) is 11.5. The van der Waals surface area contributed by atoms with Gasteiger partial charge < -0.3 is 30.2 Å². The van der Waals surface area contributed by atoms with E-state index in [1.807, 2.05) is 19.1 Å². The molecule has 3 aromatic rings. The number of aliphatic hydroxyl groups excluding tert-OH is 1. The smallest absolute Gasteiger partial charge is 0.255 e. The number of aromatic amines is 1. The predicted octanol–water partition coefficient (Wildman–Crippen LogP) is 4.35. The van der Waals surface area contributed by atoms with Gasteiger partial charge in [-0.05, 0) is 38.0 Å². The van der Waals surface area contributed by atoms with Gasteiger partial charge in [0.25, 0.3) is 5.91 Å². The van der Waals surface area contributed by atoms with Crippen LogP contribution in [0.1, 0.15) is 35.8 Å². The third kappa shape index (κ3) is 5.30. The molecule has 1 amide bonds. The van der Waals surface area contributed by atoms with E-state index in [-0.39, 0.29) is 18.3 Å². The second-order valence-corrected chi connectivity index (χ2v) is 8.21.